The molecular weight excluding hydrogens is 280 g/mol. The smallest absolute Gasteiger partial charge is 0.134 e. The van der Waals surface area contributed by atoms with Gasteiger partial charge >= 0.3 is 0 Å². The van der Waals surface area contributed by atoms with Gasteiger partial charge in [-0.05, 0) is 23.8 Å². The summed E-state index contributed by atoms with van der Waals surface area (Å²) in [4.78, 5) is 7.64. The average molecular weight is 296 g/mol. The summed E-state index contributed by atoms with van der Waals surface area (Å²) in [6.45, 7) is 3.06. The molecule has 1 N–H and O–H groups in total. The average Bonchev–Trinajstić information content (AvgIpc) is 2.52. The second kappa shape index (κ2) is 6.16. The van der Waals surface area contributed by atoms with Crippen LogP contribution in [-0.2, 0) is 11.3 Å². The minimum Gasteiger partial charge on any atom is -0.374 e. The second-order valence-corrected chi connectivity index (χ2v) is 5.16. The molecule has 3 nitrogen and oxygen atoms in total. The zero-order valence-electron chi connectivity index (χ0n) is 11.8. The summed E-state index contributed by atoms with van der Waals surface area (Å²) in [6.07, 6.45) is 0. The molecule has 0 amide bonds. The highest BCUT2D eigenvalue weighted by molar-refractivity contribution is 7.71. The van der Waals surface area contributed by atoms with Crippen molar-refractivity contribution < 1.29 is 4.74 Å². The van der Waals surface area contributed by atoms with Crippen molar-refractivity contribution in [2.24, 2.45) is 0 Å². The van der Waals surface area contributed by atoms with Crippen LogP contribution in [0.15, 0.2) is 48.5 Å². The Hall–Kier alpha value is -2.04. The molecule has 3 rings (SSSR count). The summed E-state index contributed by atoms with van der Waals surface area (Å²) in [5.41, 5.74) is 2.10. The van der Waals surface area contributed by atoms with Gasteiger partial charge in [-0.15, -0.1) is 0 Å². The summed E-state index contributed by atoms with van der Waals surface area (Å²) in [5.74, 6) is 0.757. The number of nitrogens with one attached hydrogen (secondary N) is 1. The topological polar surface area (TPSA) is 37.9 Å². The van der Waals surface area contributed by atoms with Gasteiger partial charge in [-0.25, -0.2) is 4.98 Å². The number of H-pyrrole nitrogens is 1. The van der Waals surface area contributed by atoms with Crippen molar-refractivity contribution >= 4 is 23.0 Å². The fourth-order valence-corrected chi connectivity index (χ4v) is 2.61. The molecule has 106 valence electrons. The number of fused-ring (bicyclic) bond motifs is 1. The molecule has 0 saturated heterocycles. The summed E-state index contributed by atoms with van der Waals surface area (Å²) < 4.78 is 5.99. The highest BCUT2D eigenvalue weighted by atomic mass is 32.1. The van der Waals surface area contributed by atoms with Gasteiger partial charge in [-0.2, -0.15) is 0 Å². The molecule has 3 aromatic rings. The standard InChI is InChI=1S/C17H16N2OS/c1-2-20-11-16-18-15(10-17(21)19-16)14-9-5-7-12-6-3-4-8-13(12)14/h3-10H,2,11H2,1H3,(H,18,19,21). The normalized spacial score (nSPS) is 10.9. The maximum Gasteiger partial charge on any atom is 0.134 e. The lowest BCUT2D eigenvalue weighted by Crippen LogP contribution is -2.00. The van der Waals surface area contributed by atoms with Crippen LogP contribution < -0.4 is 0 Å². The van der Waals surface area contributed by atoms with Crippen molar-refractivity contribution in [1.82, 2.24) is 9.97 Å². The molecule has 0 atom stereocenters. The van der Waals surface area contributed by atoms with E-state index in [0.29, 0.717) is 17.9 Å². The first-order valence-electron chi connectivity index (χ1n) is 6.94. The van der Waals surface area contributed by atoms with Crippen molar-refractivity contribution in [2.45, 2.75) is 13.5 Å². The Morgan fingerprint density at radius 2 is 1.95 bits per heavy atom. The molecule has 0 bridgehead atoms. The molecule has 4 heteroatoms. The lowest BCUT2D eigenvalue weighted by molar-refractivity contribution is 0.128. The van der Waals surface area contributed by atoms with E-state index >= 15 is 0 Å². The Bertz CT molecular complexity index is 821. The summed E-state index contributed by atoms with van der Waals surface area (Å²) >= 11 is 5.27. The Balaban J connectivity index is 2.14. The van der Waals surface area contributed by atoms with E-state index in [1.807, 2.05) is 25.1 Å². The lowest BCUT2D eigenvalue weighted by Gasteiger charge is -2.09. The maximum absolute atomic E-state index is 5.41. The number of benzene rings is 2. The third-order valence-electron chi connectivity index (χ3n) is 3.31. The van der Waals surface area contributed by atoms with Gasteiger partial charge < -0.3 is 9.72 Å². The molecule has 1 aromatic heterocycles. The SMILES string of the molecule is CCOCc1nc(=S)cc(-c2cccc3ccccc23)[nH]1. The second-order valence-electron chi connectivity index (χ2n) is 4.74. The Kier molecular flexibility index (Phi) is 4.08. The van der Waals surface area contributed by atoms with Gasteiger partial charge in [-0.3, -0.25) is 0 Å². The Labute approximate surface area is 128 Å². The van der Waals surface area contributed by atoms with Gasteiger partial charge in [0.05, 0.1) is 5.69 Å². The van der Waals surface area contributed by atoms with Crippen molar-refractivity contribution in [2.75, 3.05) is 6.61 Å². The fraction of sp³-hybridized carbons (Fsp3) is 0.176. The van der Waals surface area contributed by atoms with Gasteiger partial charge in [-0.1, -0.05) is 54.7 Å². The molecule has 21 heavy (non-hydrogen) atoms. The zero-order chi connectivity index (χ0) is 14.7. The minimum absolute atomic E-state index is 0.443. The molecule has 0 spiro atoms. The van der Waals surface area contributed by atoms with Gasteiger partial charge in [0.2, 0.25) is 0 Å². The zero-order valence-corrected chi connectivity index (χ0v) is 12.6. The summed E-state index contributed by atoms with van der Waals surface area (Å²) in [7, 11) is 0. The van der Waals surface area contributed by atoms with Gasteiger partial charge in [0.15, 0.2) is 0 Å². The van der Waals surface area contributed by atoms with E-state index in [-0.39, 0.29) is 0 Å². The Morgan fingerprint density at radius 3 is 2.81 bits per heavy atom. The fourth-order valence-electron chi connectivity index (χ4n) is 2.38. The quantitative estimate of drug-likeness (QED) is 0.721. The number of hydrogen-bond donors (Lipinski definition) is 1. The Morgan fingerprint density at radius 1 is 1.14 bits per heavy atom. The van der Waals surface area contributed by atoms with Crippen molar-refractivity contribution in [3.63, 3.8) is 0 Å². The van der Waals surface area contributed by atoms with Crippen LogP contribution >= 0.6 is 12.2 Å². The summed E-state index contributed by atoms with van der Waals surface area (Å²) in [5, 5.41) is 2.40. The molecule has 1 heterocycles. The predicted octanol–water partition coefficient (Wildman–Crippen LogP) is 4.50. The molecule has 0 aliphatic heterocycles. The predicted molar refractivity (Wildman–Crippen MR) is 87.7 cm³/mol. The molecular formula is C17H16N2OS. The van der Waals surface area contributed by atoms with Crippen LogP contribution in [0.4, 0.5) is 0 Å². The molecule has 0 radical (unpaired) electrons. The maximum atomic E-state index is 5.41. The van der Waals surface area contributed by atoms with E-state index in [1.54, 1.807) is 0 Å². The number of aromatic amines is 1. The van der Waals surface area contributed by atoms with Crippen molar-refractivity contribution in [1.29, 1.82) is 0 Å². The van der Waals surface area contributed by atoms with Crippen LogP contribution in [-0.4, -0.2) is 16.6 Å². The minimum atomic E-state index is 0.443. The first kappa shape index (κ1) is 13.9. The van der Waals surface area contributed by atoms with Crippen LogP contribution in [0, 0.1) is 4.64 Å². The van der Waals surface area contributed by atoms with Crippen LogP contribution in [0.5, 0.6) is 0 Å². The van der Waals surface area contributed by atoms with E-state index in [0.717, 1.165) is 17.1 Å². The number of aromatic nitrogens is 2. The third-order valence-corrected chi connectivity index (χ3v) is 3.52. The molecule has 0 aliphatic carbocycles. The van der Waals surface area contributed by atoms with Crippen LogP contribution in [0.25, 0.3) is 22.0 Å². The number of rotatable bonds is 4. The lowest BCUT2D eigenvalue weighted by atomic mass is 10.0. The molecule has 0 unspecified atom stereocenters. The van der Waals surface area contributed by atoms with E-state index < -0.39 is 0 Å². The number of hydrogen-bond acceptors (Lipinski definition) is 3. The molecule has 0 fully saturated rings. The van der Waals surface area contributed by atoms with E-state index in [9.17, 15) is 0 Å². The highest BCUT2D eigenvalue weighted by Crippen LogP contribution is 2.27. The summed E-state index contributed by atoms with van der Waals surface area (Å²) in [6, 6.07) is 16.5. The van der Waals surface area contributed by atoms with Crippen LogP contribution in [0.1, 0.15) is 12.7 Å². The van der Waals surface area contributed by atoms with Crippen LogP contribution in [0.2, 0.25) is 0 Å². The largest absolute Gasteiger partial charge is 0.374 e. The number of nitrogens with zero attached hydrogens (tertiary/aromatic N) is 1. The van der Waals surface area contributed by atoms with Crippen molar-refractivity contribution in [3.8, 4) is 11.3 Å². The van der Waals surface area contributed by atoms with Gasteiger partial charge in [0.1, 0.15) is 17.1 Å². The monoisotopic (exact) mass is 296 g/mol. The number of ether oxygens (including phenoxy) is 1. The molecule has 2 aromatic carbocycles. The van der Waals surface area contributed by atoms with Gasteiger partial charge in [0, 0.05) is 12.2 Å². The van der Waals surface area contributed by atoms with E-state index in [1.165, 1.54) is 10.8 Å². The first-order chi connectivity index (χ1) is 10.3. The highest BCUT2D eigenvalue weighted by Gasteiger charge is 2.06. The molecule has 0 aliphatic rings. The first-order valence-corrected chi connectivity index (χ1v) is 7.35. The van der Waals surface area contributed by atoms with Crippen molar-refractivity contribution in [3.05, 3.63) is 59.0 Å². The van der Waals surface area contributed by atoms with Gasteiger partial charge in [0.25, 0.3) is 0 Å². The molecule has 0 saturated carbocycles. The van der Waals surface area contributed by atoms with Crippen LogP contribution in [0.3, 0.4) is 0 Å². The third kappa shape index (κ3) is 3.01. The van der Waals surface area contributed by atoms with E-state index in [2.05, 4.69) is 40.3 Å². The van der Waals surface area contributed by atoms with E-state index in [4.69, 9.17) is 17.0 Å².